The summed E-state index contributed by atoms with van der Waals surface area (Å²) in [5.74, 6) is 1.61. The van der Waals surface area contributed by atoms with E-state index in [-0.39, 0.29) is 11.8 Å². The van der Waals surface area contributed by atoms with Crippen LogP contribution in [0.3, 0.4) is 0 Å². The van der Waals surface area contributed by atoms with E-state index in [0.29, 0.717) is 19.5 Å². The lowest BCUT2D eigenvalue weighted by Gasteiger charge is -2.29. The van der Waals surface area contributed by atoms with Gasteiger partial charge >= 0.3 is 0 Å². The van der Waals surface area contributed by atoms with Crippen LogP contribution in [0.15, 0.2) is 60.7 Å². The summed E-state index contributed by atoms with van der Waals surface area (Å²) in [4.78, 5) is 27.1. The highest BCUT2D eigenvalue weighted by molar-refractivity contribution is 7.98. The molecule has 0 saturated carbocycles. The molecule has 0 aliphatic rings. The predicted octanol–water partition coefficient (Wildman–Crippen LogP) is 4.30. The average Bonchev–Trinajstić information content (AvgIpc) is 2.76. The third-order valence-corrected chi connectivity index (χ3v) is 5.80. The summed E-state index contributed by atoms with van der Waals surface area (Å²) in [6.07, 6.45) is 2.07. The Kier molecular flexibility index (Phi) is 10.4. The van der Waals surface area contributed by atoms with Gasteiger partial charge in [-0.25, -0.2) is 0 Å². The number of carbonyl (C=O) groups excluding carboxylic acids is 2. The highest BCUT2D eigenvalue weighted by atomic mass is 32.2. The van der Waals surface area contributed by atoms with E-state index < -0.39 is 6.04 Å². The third kappa shape index (κ3) is 8.32. The normalized spacial score (nSPS) is 11.7. The molecule has 29 heavy (non-hydrogen) atoms. The van der Waals surface area contributed by atoms with Crippen molar-refractivity contribution < 1.29 is 9.59 Å². The van der Waals surface area contributed by atoms with Crippen LogP contribution in [0, 0.1) is 0 Å². The molecule has 0 aliphatic heterocycles. The lowest BCUT2D eigenvalue weighted by Crippen LogP contribution is -2.49. The predicted molar refractivity (Wildman–Crippen MR) is 122 cm³/mol. The molecule has 0 aromatic heterocycles. The number of amides is 2. The number of benzene rings is 2. The average molecular weight is 413 g/mol. The summed E-state index contributed by atoms with van der Waals surface area (Å²) >= 11 is 1.75. The van der Waals surface area contributed by atoms with Gasteiger partial charge in [-0.15, -0.1) is 0 Å². The number of carbonyl (C=O) groups is 2. The van der Waals surface area contributed by atoms with Gasteiger partial charge in [-0.1, -0.05) is 67.6 Å². The summed E-state index contributed by atoms with van der Waals surface area (Å²) in [7, 11) is 0. The van der Waals surface area contributed by atoms with E-state index >= 15 is 0 Å². The SMILES string of the molecule is CCCNC(=O)[C@H](C)N(CCc1ccccc1)C(=O)CCSCc1ccccc1. The number of hydrogen-bond acceptors (Lipinski definition) is 3. The van der Waals surface area contributed by atoms with Crippen molar-refractivity contribution in [3.8, 4) is 0 Å². The van der Waals surface area contributed by atoms with E-state index in [2.05, 4.69) is 29.6 Å². The highest BCUT2D eigenvalue weighted by Gasteiger charge is 2.25. The first kappa shape index (κ1) is 23.0. The molecule has 2 aromatic rings. The molecule has 0 spiro atoms. The maximum absolute atomic E-state index is 12.9. The van der Waals surface area contributed by atoms with Crippen LogP contribution in [0.1, 0.15) is 37.8 Å². The molecule has 0 fully saturated rings. The maximum atomic E-state index is 12.9. The Morgan fingerprint density at radius 2 is 1.62 bits per heavy atom. The minimum atomic E-state index is -0.461. The maximum Gasteiger partial charge on any atom is 0.242 e. The van der Waals surface area contributed by atoms with Crippen LogP contribution in [-0.4, -0.2) is 41.6 Å². The van der Waals surface area contributed by atoms with Gasteiger partial charge in [0.05, 0.1) is 0 Å². The van der Waals surface area contributed by atoms with Crippen molar-refractivity contribution in [2.45, 2.75) is 44.9 Å². The minimum Gasteiger partial charge on any atom is -0.354 e. The Balaban J connectivity index is 1.90. The summed E-state index contributed by atoms with van der Waals surface area (Å²) in [6.45, 7) is 5.03. The summed E-state index contributed by atoms with van der Waals surface area (Å²) in [5.41, 5.74) is 2.43. The van der Waals surface area contributed by atoms with Crippen molar-refractivity contribution in [1.82, 2.24) is 10.2 Å². The van der Waals surface area contributed by atoms with E-state index in [0.717, 1.165) is 24.3 Å². The Hall–Kier alpha value is -2.27. The second-order valence-corrected chi connectivity index (χ2v) is 8.18. The zero-order chi connectivity index (χ0) is 20.9. The highest BCUT2D eigenvalue weighted by Crippen LogP contribution is 2.15. The van der Waals surface area contributed by atoms with Crippen molar-refractivity contribution in [2.75, 3.05) is 18.8 Å². The molecule has 2 amide bonds. The second kappa shape index (κ2) is 13.0. The van der Waals surface area contributed by atoms with Gasteiger partial charge in [0.15, 0.2) is 0 Å². The van der Waals surface area contributed by atoms with Crippen LogP contribution < -0.4 is 5.32 Å². The number of rotatable bonds is 12. The molecule has 5 heteroatoms. The number of nitrogens with zero attached hydrogens (tertiary/aromatic N) is 1. The first-order valence-corrected chi connectivity index (χ1v) is 11.5. The number of hydrogen-bond donors (Lipinski definition) is 1. The zero-order valence-corrected chi connectivity index (χ0v) is 18.3. The van der Waals surface area contributed by atoms with Crippen LogP contribution in [-0.2, 0) is 21.8 Å². The monoisotopic (exact) mass is 412 g/mol. The zero-order valence-electron chi connectivity index (χ0n) is 17.5. The van der Waals surface area contributed by atoms with Gasteiger partial charge in [-0.3, -0.25) is 9.59 Å². The smallest absolute Gasteiger partial charge is 0.242 e. The van der Waals surface area contributed by atoms with Crippen molar-refractivity contribution >= 4 is 23.6 Å². The van der Waals surface area contributed by atoms with Crippen LogP contribution in [0.5, 0.6) is 0 Å². The molecule has 156 valence electrons. The van der Waals surface area contributed by atoms with Gasteiger partial charge in [0.1, 0.15) is 6.04 Å². The second-order valence-electron chi connectivity index (χ2n) is 7.08. The molecular formula is C24H32N2O2S. The first-order valence-electron chi connectivity index (χ1n) is 10.3. The molecule has 2 aromatic carbocycles. The fourth-order valence-corrected chi connectivity index (χ4v) is 3.92. The molecular weight excluding hydrogens is 380 g/mol. The van der Waals surface area contributed by atoms with Crippen molar-refractivity contribution in [3.05, 3.63) is 71.8 Å². The van der Waals surface area contributed by atoms with Crippen LogP contribution in [0.4, 0.5) is 0 Å². The molecule has 0 radical (unpaired) electrons. The Morgan fingerprint density at radius 1 is 1.00 bits per heavy atom. The molecule has 0 aliphatic carbocycles. The van der Waals surface area contributed by atoms with E-state index in [4.69, 9.17) is 0 Å². The Labute approximate surface area is 179 Å². The van der Waals surface area contributed by atoms with E-state index in [1.807, 2.05) is 50.2 Å². The van der Waals surface area contributed by atoms with E-state index in [1.54, 1.807) is 16.7 Å². The topological polar surface area (TPSA) is 49.4 Å². The summed E-state index contributed by atoms with van der Waals surface area (Å²) in [6, 6.07) is 19.9. The van der Waals surface area contributed by atoms with Gasteiger partial charge in [0, 0.05) is 31.0 Å². The lowest BCUT2D eigenvalue weighted by atomic mass is 10.1. The third-order valence-electron chi connectivity index (χ3n) is 4.77. The first-order chi connectivity index (χ1) is 14.1. The van der Waals surface area contributed by atoms with Gasteiger partial charge in [0.2, 0.25) is 11.8 Å². The summed E-state index contributed by atoms with van der Waals surface area (Å²) < 4.78 is 0. The van der Waals surface area contributed by atoms with Crippen LogP contribution in [0.2, 0.25) is 0 Å². The Morgan fingerprint density at radius 3 is 2.24 bits per heavy atom. The standard InChI is InChI=1S/C24H32N2O2S/c1-3-16-25-24(28)20(2)26(17-14-21-10-6-4-7-11-21)23(27)15-18-29-19-22-12-8-5-9-13-22/h4-13,20H,3,14-19H2,1-2H3,(H,25,28)/t20-/m0/s1. The van der Waals surface area contributed by atoms with Gasteiger partial charge in [-0.2, -0.15) is 11.8 Å². The minimum absolute atomic E-state index is 0.0423. The number of nitrogens with one attached hydrogen (secondary N) is 1. The molecule has 4 nitrogen and oxygen atoms in total. The molecule has 0 bridgehead atoms. The quantitative estimate of drug-likeness (QED) is 0.529. The van der Waals surface area contributed by atoms with Gasteiger partial charge in [-0.05, 0) is 30.9 Å². The largest absolute Gasteiger partial charge is 0.354 e. The van der Waals surface area contributed by atoms with Crippen LogP contribution in [0.25, 0.3) is 0 Å². The van der Waals surface area contributed by atoms with E-state index in [1.165, 1.54) is 11.1 Å². The van der Waals surface area contributed by atoms with Crippen LogP contribution >= 0.6 is 11.8 Å². The van der Waals surface area contributed by atoms with Crippen molar-refractivity contribution in [1.29, 1.82) is 0 Å². The molecule has 1 atom stereocenters. The Bertz CT molecular complexity index is 737. The molecule has 0 heterocycles. The van der Waals surface area contributed by atoms with E-state index in [9.17, 15) is 9.59 Å². The van der Waals surface area contributed by atoms with Gasteiger partial charge < -0.3 is 10.2 Å². The van der Waals surface area contributed by atoms with Crippen molar-refractivity contribution in [3.63, 3.8) is 0 Å². The fraction of sp³-hybridized carbons (Fsp3) is 0.417. The summed E-state index contributed by atoms with van der Waals surface area (Å²) in [5, 5.41) is 2.92. The number of thioether (sulfide) groups is 1. The van der Waals surface area contributed by atoms with Gasteiger partial charge in [0.25, 0.3) is 0 Å². The molecule has 0 unspecified atom stereocenters. The fourth-order valence-electron chi connectivity index (χ4n) is 3.03. The molecule has 1 N–H and O–H groups in total. The molecule has 2 rings (SSSR count). The molecule has 0 saturated heterocycles. The lowest BCUT2D eigenvalue weighted by molar-refractivity contribution is -0.139. The van der Waals surface area contributed by atoms with Crippen molar-refractivity contribution in [2.24, 2.45) is 0 Å².